The fourth-order valence-electron chi connectivity index (χ4n) is 1.72. The van der Waals surface area contributed by atoms with Crippen LogP contribution in [-0.4, -0.2) is 48.6 Å². The van der Waals surface area contributed by atoms with Crippen molar-refractivity contribution >= 4 is 16.0 Å². The second-order valence-corrected chi connectivity index (χ2v) is 6.07. The van der Waals surface area contributed by atoms with E-state index >= 15 is 0 Å². The zero-order valence-electron chi connectivity index (χ0n) is 11.1. The number of aryl methyl sites for hydroxylation is 1. The van der Waals surface area contributed by atoms with E-state index in [0.717, 1.165) is 10.4 Å². The third-order valence-corrected chi connectivity index (χ3v) is 4.74. The van der Waals surface area contributed by atoms with Crippen molar-refractivity contribution in [1.82, 2.24) is 4.31 Å². The number of carboxylic acid groups (broad SMARTS) is 1. The standard InChI is InChI=1S/C13H17NO5S/c1-3-6-14(7-8-15)20(18,19)12-9-11(13(16)17)5-4-10(12)2/h3-5,9,15H,1,6-8H2,2H3,(H,16,17). The van der Waals surface area contributed by atoms with Crippen LogP contribution in [-0.2, 0) is 10.0 Å². The van der Waals surface area contributed by atoms with E-state index in [0.29, 0.717) is 5.56 Å². The molecular formula is C13H17NO5S. The highest BCUT2D eigenvalue weighted by Gasteiger charge is 2.25. The number of aliphatic hydroxyl groups is 1. The van der Waals surface area contributed by atoms with Gasteiger partial charge in [0.25, 0.3) is 0 Å². The van der Waals surface area contributed by atoms with Crippen molar-refractivity contribution in [3.05, 3.63) is 42.0 Å². The minimum Gasteiger partial charge on any atom is -0.478 e. The Bertz CT molecular complexity index is 609. The van der Waals surface area contributed by atoms with Crippen LogP contribution in [0.5, 0.6) is 0 Å². The molecule has 0 bridgehead atoms. The smallest absolute Gasteiger partial charge is 0.335 e. The number of hydrogen-bond acceptors (Lipinski definition) is 4. The molecule has 0 atom stereocenters. The van der Waals surface area contributed by atoms with Crippen molar-refractivity contribution in [2.24, 2.45) is 0 Å². The van der Waals surface area contributed by atoms with E-state index < -0.39 is 16.0 Å². The lowest BCUT2D eigenvalue weighted by atomic mass is 10.1. The van der Waals surface area contributed by atoms with Crippen LogP contribution in [0.3, 0.4) is 0 Å². The summed E-state index contributed by atoms with van der Waals surface area (Å²) in [5.41, 5.74) is 0.346. The highest BCUT2D eigenvalue weighted by Crippen LogP contribution is 2.21. The highest BCUT2D eigenvalue weighted by molar-refractivity contribution is 7.89. The summed E-state index contributed by atoms with van der Waals surface area (Å²) in [7, 11) is -3.87. The molecule has 1 rings (SSSR count). The summed E-state index contributed by atoms with van der Waals surface area (Å²) in [5, 5.41) is 17.9. The Labute approximate surface area is 118 Å². The van der Waals surface area contributed by atoms with Gasteiger partial charge in [0.2, 0.25) is 10.0 Å². The van der Waals surface area contributed by atoms with E-state index in [9.17, 15) is 13.2 Å². The van der Waals surface area contributed by atoms with Gasteiger partial charge >= 0.3 is 5.97 Å². The first-order chi connectivity index (χ1) is 9.34. The van der Waals surface area contributed by atoms with E-state index in [1.807, 2.05) is 0 Å². The molecule has 0 spiro atoms. The molecule has 1 aromatic rings. The molecule has 0 saturated carbocycles. The molecule has 6 nitrogen and oxygen atoms in total. The zero-order valence-corrected chi connectivity index (χ0v) is 11.9. The van der Waals surface area contributed by atoms with E-state index in [2.05, 4.69) is 6.58 Å². The summed E-state index contributed by atoms with van der Waals surface area (Å²) >= 11 is 0. The van der Waals surface area contributed by atoms with Crippen molar-refractivity contribution in [3.63, 3.8) is 0 Å². The van der Waals surface area contributed by atoms with Crippen LogP contribution >= 0.6 is 0 Å². The summed E-state index contributed by atoms with van der Waals surface area (Å²) in [4.78, 5) is 10.9. The maximum atomic E-state index is 12.5. The first kappa shape index (κ1) is 16.4. The largest absolute Gasteiger partial charge is 0.478 e. The number of carboxylic acids is 1. The van der Waals surface area contributed by atoms with Crippen LogP contribution in [0.1, 0.15) is 15.9 Å². The average Bonchev–Trinajstić information content (AvgIpc) is 2.38. The molecule has 0 heterocycles. The number of sulfonamides is 1. The van der Waals surface area contributed by atoms with Gasteiger partial charge in [-0.25, -0.2) is 13.2 Å². The number of nitrogens with zero attached hydrogens (tertiary/aromatic N) is 1. The van der Waals surface area contributed by atoms with Gasteiger partial charge in [-0.2, -0.15) is 4.31 Å². The van der Waals surface area contributed by atoms with E-state index in [4.69, 9.17) is 10.2 Å². The third kappa shape index (κ3) is 3.44. The molecule has 110 valence electrons. The average molecular weight is 299 g/mol. The molecule has 2 N–H and O–H groups in total. The normalized spacial score (nSPS) is 11.6. The molecular weight excluding hydrogens is 282 g/mol. The molecule has 0 aliphatic carbocycles. The lowest BCUT2D eigenvalue weighted by Gasteiger charge is -2.21. The van der Waals surface area contributed by atoms with Crippen LogP contribution in [0.2, 0.25) is 0 Å². The lowest BCUT2D eigenvalue weighted by molar-refractivity contribution is 0.0696. The van der Waals surface area contributed by atoms with Crippen LogP contribution in [0.15, 0.2) is 35.7 Å². The fourth-order valence-corrected chi connectivity index (χ4v) is 3.37. The predicted octanol–water partition coefficient (Wildman–Crippen LogP) is 0.862. The minimum atomic E-state index is -3.87. The minimum absolute atomic E-state index is 0.0413. The van der Waals surface area contributed by atoms with Gasteiger partial charge in [0.05, 0.1) is 17.1 Å². The maximum Gasteiger partial charge on any atom is 0.335 e. The summed E-state index contributed by atoms with van der Waals surface area (Å²) in [6.07, 6.45) is 1.41. The molecule has 0 saturated heterocycles. The van der Waals surface area contributed by atoms with Crippen LogP contribution in [0.25, 0.3) is 0 Å². The van der Waals surface area contributed by atoms with Gasteiger partial charge in [-0.3, -0.25) is 0 Å². The van der Waals surface area contributed by atoms with Gasteiger partial charge in [0.1, 0.15) is 0 Å². The fraction of sp³-hybridized carbons (Fsp3) is 0.308. The predicted molar refractivity (Wildman–Crippen MR) is 74.2 cm³/mol. The van der Waals surface area contributed by atoms with E-state index in [1.165, 1.54) is 18.2 Å². The highest BCUT2D eigenvalue weighted by atomic mass is 32.2. The number of aromatic carboxylic acids is 1. The van der Waals surface area contributed by atoms with Crippen molar-refractivity contribution in [1.29, 1.82) is 0 Å². The Balaban J connectivity index is 3.35. The van der Waals surface area contributed by atoms with Gasteiger partial charge in [0.15, 0.2) is 0 Å². The number of carbonyl (C=O) groups is 1. The van der Waals surface area contributed by atoms with Gasteiger partial charge in [-0.15, -0.1) is 6.58 Å². The summed E-state index contributed by atoms with van der Waals surface area (Å²) in [6.45, 7) is 4.70. The van der Waals surface area contributed by atoms with E-state index in [1.54, 1.807) is 6.92 Å². The molecule has 0 unspecified atom stereocenters. The molecule has 0 aliphatic heterocycles. The van der Waals surface area contributed by atoms with Gasteiger partial charge in [-0.1, -0.05) is 12.1 Å². The Morgan fingerprint density at radius 3 is 2.60 bits per heavy atom. The molecule has 7 heteroatoms. The van der Waals surface area contributed by atoms with Crippen molar-refractivity contribution < 1.29 is 23.4 Å². The number of benzene rings is 1. The van der Waals surface area contributed by atoms with Gasteiger partial charge < -0.3 is 10.2 Å². The van der Waals surface area contributed by atoms with Gasteiger partial charge in [0, 0.05) is 13.1 Å². The first-order valence-corrected chi connectivity index (χ1v) is 7.34. The topological polar surface area (TPSA) is 94.9 Å². The van der Waals surface area contributed by atoms with Gasteiger partial charge in [-0.05, 0) is 24.6 Å². The maximum absolute atomic E-state index is 12.5. The van der Waals surface area contributed by atoms with Crippen LogP contribution in [0, 0.1) is 6.92 Å². The van der Waals surface area contributed by atoms with Crippen molar-refractivity contribution in [2.45, 2.75) is 11.8 Å². The summed E-state index contributed by atoms with van der Waals surface area (Å²) in [6, 6.07) is 3.92. The quantitative estimate of drug-likeness (QED) is 0.728. The Morgan fingerprint density at radius 2 is 2.10 bits per heavy atom. The number of aliphatic hydroxyl groups excluding tert-OH is 1. The second-order valence-electron chi connectivity index (χ2n) is 4.16. The lowest BCUT2D eigenvalue weighted by Crippen LogP contribution is -2.34. The molecule has 0 fully saturated rings. The Kier molecular flexibility index (Phi) is 5.43. The first-order valence-electron chi connectivity index (χ1n) is 5.90. The molecule has 0 radical (unpaired) electrons. The van der Waals surface area contributed by atoms with Crippen LogP contribution < -0.4 is 0 Å². The molecule has 0 amide bonds. The summed E-state index contributed by atoms with van der Waals surface area (Å²) in [5.74, 6) is -1.20. The van der Waals surface area contributed by atoms with Crippen molar-refractivity contribution in [2.75, 3.05) is 19.7 Å². The summed E-state index contributed by atoms with van der Waals surface area (Å²) < 4.78 is 26.0. The molecule has 0 aliphatic rings. The van der Waals surface area contributed by atoms with Crippen LogP contribution in [0.4, 0.5) is 0 Å². The molecule has 1 aromatic carbocycles. The third-order valence-electron chi connectivity index (χ3n) is 2.74. The second kappa shape index (κ2) is 6.65. The Morgan fingerprint density at radius 1 is 1.45 bits per heavy atom. The number of rotatable bonds is 7. The SMILES string of the molecule is C=CCN(CCO)S(=O)(=O)c1cc(C(=O)O)ccc1C. The molecule has 20 heavy (non-hydrogen) atoms. The molecule has 0 aromatic heterocycles. The monoisotopic (exact) mass is 299 g/mol. The zero-order chi connectivity index (χ0) is 15.3. The van der Waals surface area contributed by atoms with E-state index in [-0.39, 0.29) is 30.2 Å². The Hall–Kier alpha value is -1.70. The number of hydrogen-bond donors (Lipinski definition) is 2. The van der Waals surface area contributed by atoms with Crippen molar-refractivity contribution in [3.8, 4) is 0 Å².